The number of benzene rings is 1. The van der Waals surface area contributed by atoms with E-state index in [4.69, 9.17) is 21.1 Å². The number of amides is 3. The van der Waals surface area contributed by atoms with E-state index in [0.717, 1.165) is 0 Å². The van der Waals surface area contributed by atoms with E-state index in [-0.39, 0.29) is 6.42 Å². The summed E-state index contributed by atoms with van der Waals surface area (Å²) in [5, 5.41) is 43.5. The van der Waals surface area contributed by atoms with Crippen molar-refractivity contribution < 1.29 is 54.0 Å². The summed E-state index contributed by atoms with van der Waals surface area (Å²) in [5.41, 5.74) is 6.74. The van der Waals surface area contributed by atoms with Gasteiger partial charge in [-0.05, 0) is 18.1 Å². The van der Waals surface area contributed by atoms with Gasteiger partial charge in [0.05, 0.1) is 18.9 Å². The van der Waals surface area contributed by atoms with Crippen LogP contribution >= 0.6 is 0 Å². The molecule has 1 aromatic heterocycles. The van der Waals surface area contributed by atoms with Gasteiger partial charge in [0.25, 0.3) is 0 Å². The highest BCUT2D eigenvalue weighted by Gasteiger charge is 2.32. The van der Waals surface area contributed by atoms with Crippen molar-refractivity contribution in [3.05, 3.63) is 36.0 Å². The predicted molar refractivity (Wildman–Crippen MR) is 135 cm³/mol. The van der Waals surface area contributed by atoms with Crippen LogP contribution in [0.2, 0.25) is 0 Å². The van der Waals surface area contributed by atoms with Crippen molar-refractivity contribution in [2.75, 3.05) is 0 Å². The largest absolute Gasteiger partial charge is 0.481 e. The molecule has 0 aliphatic rings. The maximum atomic E-state index is 13.2. The van der Waals surface area contributed by atoms with Gasteiger partial charge in [-0.1, -0.05) is 18.2 Å². The molecular weight excluding hydrogens is 534 g/mol. The van der Waals surface area contributed by atoms with Crippen LogP contribution in [0.1, 0.15) is 31.2 Å². The molecule has 4 unspecified atom stereocenters. The van der Waals surface area contributed by atoms with Crippen LogP contribution in [0.15, 0.2) is 30.5 Å². The van der Waals surface area contributed by atoms with Gasteiger partial charge in [-0.3, -0.25) is 28.8 Å². The average molecular weight is 564 g/mol. The summed E-state index contributed by atoms with van der Waals surface area (Å²) in [6, 6.07) is 0.496. The molecule has 0 fully saturated rings. The lowest BCUT2D eigenvalue weighted by Crippen LogP contribution is -2.58. The number of nitrogens with one attached hydrogen (secondary N) is 4. The van der Waals surface area contributed by atoms with E-state index in [2.05, 4.69) is 20.9 Å². The fourth-order valence-corrected chi connectivity index (χ4v) is 3.75. The van der Waals surface area contributed by atoms with E-state index < -0.39 is 91.4 Å². The maximum absolute atomic E-state index is 13.2. The third-order valence-electron chi connectivity index (χ3n) is 5.74. The molecule has 216 valence electrons. The summed E-state index contributed by atoms with van der Waals surface area (Å²) in [6.07, 6.45) is -1.42. The van der Waals surface area contributed by atoms with Crippen molar-refractivity contribution in [1.29, 1.82) is 0 Å². The zero-order valence-electron chi connectivity index (χ0n) is 21.0. The highest BCUT2D eigenvalue weighted by atomic mass is 16.4. The number of aliphatic carboxylic acids is 4. The monoisotopic (exact) mass is 563 g/mol. The Balaban J connectivity index is 2.34. The van der Waals surface area contributed by atoms with E-state index in [1.807, 2.05) is 0 Å². The maximum Gasteiger partial charge on any atom is 0.326 e. The minimum atomic E-state index is -1.83. The molecule has 0 saturated carbocycles. The third-order valence-corrected chi connectivity index (χ3v) is 5.74. The molecule has 0 radical (unpaired) electrons. The van der Waals surface area contributed by atoms with Gasteiger partial charge in [-0.25, -0.2) is 4.79 Å². The zero-order chi connectivity index (χ0) is 30.0. The summed E-state index contributed by atoms with van der Waals surface area (Å²) >= 11 is 0. The number of hydrogen-bond donors (Lipinski definition) is 9. The number of H-pyrrole nitrogens is 1. The Morgan fingerprint density at radius 2 is 1.32 bits per heavy atom. The van der Waals surface area contributed by atoms with Crippen molar-refractivity contribution in [2.24, 2.45) is 5.73 Å². The fraction of sp³-hybridized carbons (Fsp3) is 0.375. The Labute approximate surface area is 225 Å². The summed E-state index contributed by atoms with van der Waals surface area (Å²) in [5.74, 6) is -8.99. The van der Waals surface area contributed by atoms with Gasteiger partial charge in [0.15, 0.2) is 0 Å². The number of carbonyl (C=O) groups is 7. The zero-order valence-corrected chi connectivity index (χ0v) is 21.0. The first-order valence-corrected chi connectivity index (χ1v) is 11.9. The minimum absolute atomic E-state index is 0.209. The number of hydrogen-bond acceptors (Lipinski definition) is 8. The molecule has 0 spiro atoms. The fourth-order valence-electron chi connectivity index (χ4n) is 3.75. The van der Waals surface area contributed by atoms with Crippen molar-refractivity contribution >= 4 is 52.5 Å². The molecule has 40 heavy (non-hydrogen) atoms. The number of fused-ring (bicyclic) bond motifs is 1. The Kier molecular flexibility index (Phi) is 11.1. The molecule has 16 heteroatoms. The molecule has 2 rings (SSSR count). The molecule has 0 aliphatic heterocycles. The third kappa shape index (κ3) is 9.39. The van der Waals surface area contributed by atoms with Gasteiger partial charge >= 0.3 is 23.9 Å². The molecule has 0 aliphatic carbocycles. The van der Waals surface area contributed by atoms with E-state index in [0.29, 0.717) is 16.5 Å². The van der Waals surface area contributed by atoms with E-state index in [9.17, 15) is 38.7 Å². The Bertz CT molecular complexity index is 1290. The second-order valence-corrected chi connectivity index (χ2v) is 8.82. The quantitative estimate of drug-likeness (QED) is 0.112. The first-order chi connectivity index (χ1) is 18.8. The van der Waals surface area contributed by atoms with Crippen LogP contribution in [0.5, 0.6) is 0 Å². The van der Waals surface area contributed by atoms with Crippen LogP contribution in [-0.4, -0.2) is 91.2 Å². The van der Waals surface area contributed by atoms with Gasteiger partial charge in [-0.15, -0.1) is 0 Å². The second kappa shape index (κ2) is 14.2. The summed E-state index contributed by atoms with van der Waals surface area (Å²) in [7, 11) is 0. The summed E-state index contributed by atoms with van der Waals surface area (Å²) in [4.78, 5) is 86.2. The predicted octanol–water partition coefficient (Wildman–Crippen LogP) is -1.61. The second-order valence-electron chi connectivity index (χ2n) is 8.82. The highest BCUT2D eigenvalue weighted by Crippen LogP contribution is 2.19. The minimum Gasteiger partial charge on any atom is -0.481 e. The number of rotatable bonds is 16. The van der Waals surface area contributed by atoms with Crippen LogP contribution in [0.4, 0.5) is 0 Å². The summed E-state index contributed by atoms with van der Waals surface area (Å²) < 4.78 is 0. The van der Waals surface area contributed by atoms with E-state index >= 15 is 0 Å². The Morgan fingerprint density at radius 1 is 0.750 bits per heavy atom. The summed E-state index contributed by atoms with van der Waals surface area (Å²) in [6.45, 7) is 0. The Hall–Kier alpha value is -4.99. The van der Waals surface area contributed by atoms with E-state index in [1.165, 1.54) is 0 Å². The molecule has 1 heterocycles. The average Bonchev–Trinajstić information content (AvgIpc) is 3.27. The van der Waals surface area contributed by atoms with Gasteiger partial charge in [0, 0.05) is 29.9 Å². The molecule has 2 aromatic rings. The van der Waals surface area contributed by atoms with Crippen LogP contribution in [0, 0.1) is 0 Å². The molecule has 0 bridgehead atoms. The van der Waals surface area contributed by atoms with Crippen LogP contribution < -0.4 is 21.7 Å². The number of carbonyl (C=O) groups excluding carboxylic acids is 3. The van der Waals surface area contributed by atoms with Crippen molar-refractivity contribution in [3.63, 3.8) is 0 Å². The van der Waals surface area contributed by atoms with Crippen LogP contribution in [0.3, 0.4) is 0 Å². The molecular formula is C24H29N5O11. The number of para-hydroxylation sites is 1. The number of carboxylic acids is 4. The molecule has 16 nitrogen and oxygen atoms in total. The smallest absolute Gasteiger partial charge is 0.326 e. The lowest BCUT2D eigenvalue weighted by atomic mass is 10.0. The number of aromatic amines is 1. The SMILES string of the molecule is NC(CC(=O)O)C(=O)NC(CCC(=O)O)C(=O)NC(Cc1c[nH]c2ccccc12)C(=O)NC(CC(=O)O)C(=O)O. The standard InChI is InChI=1S/C24H29N5O11/c25-13(8-19(32)33)21(36)27-15(5-6-18(30)31)22(37)28-16(23(38)29-17(24(39)40)9-20(34)35)7-11-10-26-14-4-2-1-3-12(11)14/h1-4,10,13,15-17,26H,5-9,25H2,(H,27,36)(H,28,37)(H,29,38)(H,30,31)(H,32,33)(H,34,35)(H,39,40). The normalized spacial score (nSPS) is 13.8. The van der Waals surface area contributed by atoms with Crippen molar-refractivity contribution in [3.8, 4) is 0 Å². The molecule has 0 saturated heterocycles. The topological polar surface area (TPSA) is 278 Å². The molecule has 1 aromatic carbocycles. The first-order valence-electron chi connectivity index (χ1n) is 11.9. The molecule has 3 amide bonds. The number of carboxylic acid groups (broad SMARTS) is 4. The van der Waals surface area contributed by atoms with Gasteiger partial charge in [-0.2, -0.15) is 0 Å². The lowest BCUT2D eigenvalue weighted by molar-refractivity contribution is -0.147. The number of aromatic nitrogens is 1. The van der Waals surface area contributed by atoms with E-state index in [1.54, 1.807) is 30.5 Å². The van der Waals surface area contributed by atoms with Crippen molar-refractivity contribution in [2.45, 2.75) is 56.3 Å². The van der Waals surface area contributed by atoms with Gasteiger partial charge < -0.3 is 47.1 Å². The molecule has 4 atom stereocenters. The lowest BCUT2D eigenvalue weighted by Gasteiger charge is -2.24. The highest BCUT2D eigenvalue weighted by molar-refractivity contribution is 5.96. The van der Waals surface area contributed by atoms with Crippen LogP contribution in [0.25, 0.3) is 10.9 Å². The number of nitrogens with two attached hydrogens (primary N) is 1. The molecule has 10 N–H and O–H groups in total. The van der Waals surface area contributed by atoms with Gasteiger partial charge in [0.1, 0.15) is 18.1 Å². The van der Waals surface area contributed by atoms with Crippen LogP contribution in [-0.2, 0) is 40.0 Å². The van der Waals surface area contributed by atoms with Gasteiger partial charge in [0.2, 0.25) is 17.7 Å². The first kappa shape index (κ1) is 31.2. The van der Waals surface area contributed by atoms with Crippen molar-refractivity contribution in [1.82, 2.24) is 20.9 Å². The Morgan fingerprint density at radius 3 is 1.93 bits per heavy atom.